The minimum absolute atomic E-state index is 0. The van der Waals surface area contributed by atoms with Crippen molar-refractivity contribution in [3.05, 3.63) is 461 Å². The fourth-order valence-electron chi connectivity index (χ4n) is 20.5. The molecule has 12 aromatic heterocycles. The first-order valence-electron chi connectivity index (χ1n) is 44.9. The third-order valence-corrected chi connectivity index (χ3v) is 26.5. The van der Waals surface area contributed by atoms with Gasteiger partial charge in [0.25, 0.3) is 0 Å². The summed E-state index contributed by atoms with van der Waals surface area (Å²) in [4.78, 5) is 30.7. The van der Waals surface area contributed by atoms with E-state index in [4.69, 9.17) is 29.9 Å². The van der Waals surface area contributed by atoms with Crippen LogP contribution in [0.5, 0.6) is 0 Å². The van der Waals surface area contributed by atoms with E-state index in [1.165, 1.54) is 21.5 Å². The summed E-state index contributed by atoms with van der Waals surface area (Å²) in [6, 6.07) is 164. The Morgan fingerprint density at radius 1 is 0.197 bits per heavy atom. The molecule has 0 unspecified atom stereocenters. The molecule has 17 aromatic carbocycles. The second-order valence-corrected chi connectivity index (χ2v) is 33.9. The summed E-state index contributed by atoms with van der Waals surface area (Å²) in [6.07, 6.45) is 5.63. The number of aromatic nitrogens is 12. The molecule has 0 aliphatic rings. The Labute approximate surface area is 828 Å². The number of hydrogen-bond acceptors (Lipinski definition) is 6. The molecular weight excluding hydrogens is 2220 g/mol. The maximum atomic E-state index is 5.46. The molecule has 0 fully saturated rings. The molecule has 0 aliphatic carbocycles. The molecule has 648 valence electrons. The van der Waals surface area contributed by atoms with Crippen LogP contribution in [0.4, 0.5) is 0 Å². The van der Waals surface area contributed by atoms with E-state index in [0.29, 0.717) is 0 Å². The van der Waals surface area contributed by atoms with Gasteiger partial charge in [0, 0.05) is 67.5 Å². The van der Waals surface area contributed by atoms with Crippen molar-refractivity contribution in [1.29, 1.82) is 0 Å². The van der Waals surface area contributed by atoms with Gasteiger partial charge in [-0.05, 0) is 173 Å². The van der Waals surface area contributed by atoms with E-state index in [1.807, 2.05) is 42.9 Å². The number of pyridine rings is 6. The van der Waals surface area contributed by atoms with Crippen molar-refractivity contribution in [3.63, 3.8) is 0 Å². The van der Waals surface area contributed by atoms with Gasteiger partial charge < -0.3 is 42.4 Å². The monoisotopic (exact) mass is 2290 g/mol. The SMILES string of the molecule is [Pt+2].[Pt+2].[Pt+2].[c-]1cc2ccccc2cc1-n1c2ccccc2c2ccc(-n3c4[c-]c(-c5nccc6ccccc56)ccc4c4ccccc43)nc21.[c-]1ccc2ccccc2c1-n1c2ccccc2c2ccc(-n3c4[c-]c(-c5nccc6ccccc56)ccc4c4ccccc43)nc21.[c-]1ccccc1-n1c2ccccc2c2ccc(-n3c4[c-]c(-c5nccc6ccccc56)ccc4c4ccccc43)nc21. The van der Waals surface area contributed by atoms with Gasteiger partial charge in [0.15, 0.2) is 0 Å². The fourth-order valence-corrected chi connectivity index (χ4v) is 20.5. The average molecular weight is 2290 g/mol. The van der Waals surface area contributed by atoms with Gasteiger partial charge in [-0.1, -0.05) is 252 Å². The van der Waals surface area contributed by atoms with Crippen LogP contribution < -0.4 is 0 Å². The van der Waals surface area contributed by atoms with E-state index < -0.39 is 0 Å². The Morgan fingerprint density at radius 3 is 0.898 bits per heavy atom. The van der Waals surface area contributed by atoms with Crippen LogP contribution in [0.15, 0.2) is 425 Å². The molecule has 0 amide bonds. The first kappa shape index (κ1) is 83.8. The zero-order valence-corrected chi connectivity index (χ0v) is 79.5. The standard InChI is InChI=1S/2C42H24N4.C38H22N4.3Pt/c1-3-13-30-27(10-1)12-9-19-36(30)46-38-18-8-6-16-33(38)35-22-23-40(44-42(35)46)45-37-17-7-5-15-32(37)34-21-20-29(26-39(34)45)41-31-14-4-2-11-28(31)24-25-43-41;1-2-11-29-25-31(19-17-27(29)9-1)45-37-15-7-6-14-34(37)36-21-22-40(44-42(36)45)46-38-16-8-5-13-33(38)35-20-18-30(26-39(35)46)41-32-12-4-3-10-28(32)23-24-43-41;1-2-11-27(12-3-1)41-33-16-8-7-15-30(33)32-20-21-36(40-38(32)41)42-34-17-9-6-14-29(34)31-19-18-26(24-35(31)42)37-28-13-5-4-10-25(28)22-23-39-37;;;/h2*1-18,20-25H;1-11,13-23H;;;/q3*-2;3*+2. The van der Waals surface area contributed by atoms with Crippen LogP contribution in [0.2, 0.25) is 0 Å². The zero-order chi connectivity index (χ0) is 88.0. The van der Waals surface area contributed by atoms with Crippen molar-refractivity contribution >= 4 is 185 Å². The van der Waals surface area contributed by atoms with Crippen molar-refractivity contribution in [2.75, 3.05) is 0 Å². The second kappa shape index (κ2) is 34.4. The first-order chi connectivity index (χ1) is 66.5. The summed E-state index contributed by atoms with van der Waals surface area (Å²) in [5.41, 5.74) is 20.7. The van der Waals surface area contributed by atoms with Gasteiger partial charge in [0.05, 0.1) is 16.6 Å². The van der Waals surface area contributed by atoms with E-state index in [-0.39, 0.29) is 63.2 Å². The molecule has 12 nitrogen and oxygen atoms in total. The molecule has 0 spiro atoms. The molecular formula is C122H70N12Pt3. The van der Waals surface area contributed by atoms with Crippen molar-refractivity contribution < 1.29 is 63.2 Å². The van der Waals surface area contributed by atoms with Gasteiger partial charge in [-0.15, -0.1) is 117 Å². The Balaban J connectivity index is 0.000000111. The van der Waals surface area contributed by atoms with Gasteiger partial charge in [-0.3, -0.25) is 0 Å². The molecule has 0 bridgehead atoms. The molecule has 29 rings (SSSR count). The van der Waals surface area contributed by atoms with Crippen LogP contribution in [-0.4, -0.2) is 57.3 Å². The van der Waals surface area contributed by atoms with E-state index in [9.17, 15) is 0 Å². The maximum absolute atomic E-state index is 5.46. The van der Waals surface area contributed by atoms with Crippen molar-refractivity contribution in [2.24, 2.45) is 0 Å². The van der Waals surface area contributed by atoms with Crippen LogP contribution in [0.1, 0.15) is 0 Å². The molecule has 0 radical (unpaired) electrons. The van der Waals surface area contributed by atoms with E-state index in [0.717, 1.165) is 232 Å². The number of fused-ring (bicyclic) bond motifs is 23. The molecule has 12 heterocycles. The Kier molecular flexibility index (Phi) is 21.0. The average Bonchev–Trinajstić information content (AvgIpc) is 1.58. The quantitative estimate of drug-likeness (QED) is 0.133. The molecule has 0 atom stereocenters. The molecule has 137 heavy (non-hydrogen) atoms. The molecule has 0 saturated heterocycles. The van der Waals surface area contributed by atoms with Gasteiger partial charge in [-0.25, -0.2) is 15.0 Å². The van der Waals surface area contributed by atoms with Crippen molar-refractivity contribution in [3.8, 4) is 68.3 Å². The molecule has 0 saturated carbocycles. The van der Waals surface area contributed by atoms with Gasteiger partial charge in [0.1, 0.15) is 34.4 Å². The number of para-hydroxylation sites is 7. The fraction of sp³-hybridized carbons (Fsp3) is 0. The predicted octanol–water partition coefficient (Wildman–Crippen LogP) is 29.6. The van der Waals surface area contributed by atoms with Crippen molar-refractivity contribution in [2.45, 2.75) is 0 Å². The van der Waals surface area contributed by atoms with Crippen LogP contribution in [0.3, 0.4) is 0 Å². The van der Waals surface area contributed by atoms with Crippen LogP contribution in [0.25, 0.3) is 253 Å². The van der Waals surface area contributed by atoms with Gasteiger partial charge in [-0.2, -0.15) is 54.6 Å². The van der Waals surface area contributed by atoms with Gasteiger partial charge in [0.2, 0.25) is 0 Å². The van der Waals surface area contributed by atoms with Gasteiger partial charge >= 0.3 is 63.2 Å². The topological polar surface area (TPSA) is 107 Å². The number of hydrogen-bond donors (Lipinski definition) is 0. The van der Waals surface area contributed by atoms with Crippen LogP contribution in [0, 0.1) is 36.4 Å². The minimum Gasteiger partial charge on any atom is -0.318 e. The Bertz CT molecular complexity index is 9890. The Morgan fingerprint density at radius 2 is 0.504 bits per heavy atom. The van der Waals surface area contributed by atoms with E-state index in [2.05, 4.69) is 446 Å². The van der Waals surface area contributed by atoms with Crippen LogP contribution >= 0.6 is 0 Å². The Hall–Kier alpha value is -16.2. The summed E-state index contributed by atoms with van der Waals surface area (Å²) in [5.74, 6) is 2.51. The molecule has 0 aliphatic heterocycles. The second-order valence-electron chi connectivity index (χ2n) is 33.9. The number of nitrogens with zero attached hydrogens (tertiary/aromatic N) is 12. The van der Waals surface area contributed by atoms with Crippen molar-refractivity contribution in [1.82, 2.24) is 57.3 Å². The summed E-state index contributed by atoms with van der Waals surface area (Å²) < 4.78 is 13.4. The molecule has 15 heteroatoms. The predicted molar refractivity (Wildman–Crippen MR) is 549 cm³/mol. The van der Waals surface area contributed by atoms with E-state index >= 15 is 0 Å². The first-order valence-corrected chi connectivity index (χ1v) is 44.9. The molecule has 29 aromatic rings. The maximum Gasteiger partial charge on any atom is 2.00 e. The smallest absolute Gasteiger partial charge is 0.318 e. The third-order valence-electron chi connectivity index (χ3n) is 26.5. The third kappa shape index (κ3) is 13.7. The summed E-state index contributed by atoms with van der Waals surface area (Å²) in [5, 5.41) is 25.1. The zero-order valence-electron chi connectivity index (χ0n) is 72.7. The minimum atomic E-state index is 0. The number of benzene rings is 17. The van der Waals surface area contributed by atoms with Crippen LogP contribution in [-0.2, 0) is 63.2 Å². The number of rotatable bonds is 9. The summed E-state index contributed by atoms with van der Waals surface area (Å²) in [6.45, 7) is 0. The van der Waals surface area contributed by atoms with E-state index in [1.54, 1.807) is 0 Å². The summed E-state index contributed by atoms with van der Waals surface area (Å²) in [7, 11) is 0. The molecule has 0 N–H and O–H groups in total. The normalized spacial score (nSPS) is 11.6. The largest absolute Gasteiger partial charge is 2.00 e. The summed E-state index contributed by atoms with van der Waals surface area (Å²) >= 11 is 0.